The van der Waals surface area contributed by atoms with Crippen molar-refractivity contribution in [3.8, 4) is 11.5 Å². The number of carbonyl (C=O) groups excluding carboxylic acids is 1. The summed E-state index contributed by atoms with van der Waals surface area (Å²) in [7, 11) is 0. The molecule has 0 saturated carbocycles. The Kier molecular flexibility index (Phi) is 3.95. The first kappa shape index (κ1) is 17.6. The standard InChI is InChI=1S/C23H22ClNO3/c1-23(2)11-17-22(18(26)12-23)21(13-3-5-14(24)6-4-13)15-9-19-20(10-16(15)25-17)28-8-7-27-19/h3-6,9-10,21,25H,7-8,11-12H2,1-2H3/t21-/m1/s1. The van der Waals surface area contributed by atoms with Gasteiger partial charge in [-0.25, -0.2) is 0 Å². The van der Waals surface area contributed by atoms with Gasteiger partial charge in [-0.1, -0.05) is 37.6 Å². The minimum absolute atomic E-state index is 0.0568. The number of hydrogen-bond donors (Lipinski definition) is 1. The summed E-state index contributed by atoms with van der Waals surface area (Å²) in [6, 6.07) is 11.8. The summed E-state index contributed by atoms with van der Waals surface area (Å²) in [4.78, 5) is 13.2. The highest BCUT2D eigenvalue weighted by Gasteiger charge is 2.41. The van der Waals surface area contributed by atoms with Crippen LogP contribution < -0.4 is 14.8 Å². The van der Waals surface area contributed by atoms with Gasteiger partial charge in [-0.05, 0) is 41.2 Å². The molecule has 3 aliphatic rings. The highest BCUT2D eigenvalue weighted by atomic mass is 35.5. The zero-order chi connectivity index (χ0) is 19.5. The van der Waals surface area contributed by atoms with Gasteiger partial charge in [0.15, 0.2) is 17.3 Å². The SMILES string of the molecule is CC1(C)CC(=O)C2=C(C1)Nc1cc3c(cc1[C@H]2c1ccc(Cl)cc1)OCCO3. The van der Waals surface area contributed by atoms with E-state index in [0.717, 1.165) is 46.0 Å². The summed E-state index contributed by atoms with van der Waals surface area (Å²) in [6.45, 7) is 5.37. The summed E-state index contributed by atoms with van der Waals surface area (Å²) in [5.41, 5.74) is 4.91. The number of ketones is 1. The molecule has 0 aromatic heterocycles. The number of benzene rings is 2. The zero-order valence-corrected chi connectivity index (χ0v) is 16.7. The molecular formula is C23H22ClNO3. The average Bonchev–Trinajstić information content (AvgIpc) is 2.64. The third-order valence-electron chi connectivity index (χ3n) is 5.72. The molecule has 1 N–H and O–H groups in total. The summed E-state index contributed by atoms with van der Waals surface area (Å²) in [5.74, 6) is 1.55. The molecule has 0 spiro atoms. The molecule has 0 unspecified atom stereocenters. The quantitative estimate of drug-likeness (QED) is 0.710. The van der Waals surface area contributed by atoms with Crippen molar-refractivity contribution in [3.05, 3.63) is 63.8 Å². The normalized spacial score (nSPS) is 22.2. The maximum absolute atomic E-state index is 13.2. The van der Waals surface area contributed by atoms with Crippen molar-refractivity contribution in [3.63, 3.8) is 0 Å². The van der Waals surface area contributed by atoms with E-state index in [-0.39, 0.29) is 17.1 Å². The second-order valence-corrected chi connectivity index (χ2v) is 8.96. The van der Waals surface area contributed by atoms with Crippen LogP contribution in [0, 0.1) is 5.41 Å². The van der Waals surface area contributed by atoms with Crippen LogP contribution in [0.2, 0.25) is 5.02 Å². The molecule has 0 saturated heterocycles. The van der Waals surface area contributed by atoms with Crippen LogP contribution >= 0.6 is 11.6 Å². The number of halogens is 1. The summed E-state index contributed by atoms with van der Waals surface area (Å²) in [6.07, 6.45) is 1.39. The van der Waals surface area contributed by atoms with Crippen LogP contribution in [-0.2, 0) is 4.79 Å². The van der Waals surface area contributed by atoms with Crippen LogP contribution in [0.4, 0.5) is 5.69 Å². The average molecular weight is 396 g/mol. The molecule has 0 amide bonds. The van der Waals surface area contributed by atoms with Gasteiger partial charge in [-0.2, -0.15) is 0 Å². The van der Waals surface area contributed by atoms with Gasteiger partial charge in [0.05, 0.1) is 0 Å². The number of allylic oxidation sites excluding steroid dienone is 2. The topological polar surface area (TPSA) is 47.6 Å². The Bertz CT molecular complexity index is 1010. The van der Waals surface area contributed by atoms with Gasteiger partial charge in [0.1, 0.15) is 13.2 Å². The third-order valence-corrected chi connectivity index (χ3v) is 5.97. The van der Waals surface area contributed by atoms with Gasteiger partial charge in [-0.3, -0.25) is 4.79 Å². The number of fused-ring (bicyclic) bond motifs is 2. The van der Waals surface area contributed by atoms with Crippen LogP contribution in [0.1, 0.15) is 43.7 Å². The van der Waals surface area contributed by atoms with E-state index in [1.54, 1.807) is 0 Å². The number of hydrogen-bond acceptors (Lipinski definition) is 4. The number of Topliss-reactive ketones (excluding diaryl/α,β-unsaturated/α-hetero) is 1. The highest BCUT2D eigenvalue weighted by Crippen LogP contribution is 2.51. The van der Waals surface area contributed by atoms with E-state index in [9.17, 15) is 4.79 Å². The fraction of sp³-hybridized carbons (Fsp3) is 0.348. The van der Waals surface area contributed by atoms with Crippen LogP contribution in [0.5, 0.6) is 11.5 Å². The predicted molar refractivity (Wildman–Crippen MR) is 109 cm³/mol. The van der Waals surface area contributed by atoms with Crippen LogP contribution in [0.3, 0.4) is 0 Å². The number of nitrogens with one attached hydrogen (secondary N) is 1. The Morgan fingerprint density at radius 2 is 1.71 bits per heavy atom. The van der Waals surface area contributed by atoms with Crippen molar-refractivity contribution >= 4 is 23.1 Å². The molecule has 5 heteroatoms. The van der Waals surface area contributed by atoms with Crippen molar-refractivity contribution in [2.24, 2.45) is 5.41 Å². The number of rotatable bonds is 1. The molecule has 5 rings (SSSR count). The first-order valence-corrected chi connectivity index (χ1v) is 10.0. The minimum atomic E-state index is -0.136. The lowest BCUT2D eigenvalue weighted by Crippen LogP contribution is -2.34. The van der Waals surface area contributed by atoms with E-state index >= 15 is 0 Å². The molecule has 1 atom stereocenters. The van der Waals surface area contributed by atoms with Crippen molar-refractivity contribution < 1.29 is 14.3 Å². The fourth-order valence-corrected chi connectivity index (χ4v) is 4.68. The molecule has 0 radical (unpaired) electrons. The van der Waals surface area contributed by atoms with Crippen LogP contribution in [0.15, 0.2) is 47.7 Å². The molecule has 2 aliphatic heterocycles. The van der Waals surface area contributed by atoms with Gasteiger partial charge in [-0.15, -0.1) is 0 Å². The molecule has 1 aliphatic carbocycles. The summed E-state index contributed by atoms with van der Waals surface area (Å²) in [5, 5.41) is 4.23. The van der Waals surface area contributed by atoms with Gasteiger partial charge < -0.3 is 14.8 Å². The van der Waals surface area contributed by atoms with Crippen molar-refractivity contribution in [1.29, 1.82) is 0 Å². The molecule has 2 heterocycles. The lowest BCUT2D eigenvalue weighted by Gasteiger charge is -2.40. The third kappa shape index (κ3) is 2.87. The second kappa shape index (κ2) is 6.28. The Morgan fingerprint density at radius 1 is 1.04 bits per heavy atom. The highest BCUT2D eigenvalue weighted by molar-refractivity contribution is 6.30. The van der Waals surface area contributed by atoms with Crippen molar-refractivity contribution in [1.82, 2.24) is 0 Å². The zero-order valence-electron chi connectivity index (χ0n) is 16.0. The smallest absolute Gasteiger partial charge is 0.163 e. The Balaban J connectivity index is 1.72. The first-order chi connectivity index (χ1) is 13.4. The molecule has 2 aromatic rings. The number of carbonyl (C=O) groups is 1. The molecule has 2 aromatic carbocycles. The molecule has 28 heavy (non-hydrogen) atoms. The maximum Gasteiger partial charge on any atom is 0.163 e. The largest absolute Gasteiger partial charge is 0.486 e. The molecule has 0 bridgehead atoms. The van der Waals surface area contributed by atoms with E-state index in [4.69, 9.17) is 21.1 Å². The summed E-state index contributed by atoms with van der Waals surface area (Å²) < 4.78 is 11.6. The lowest BCUT2D eigenvalue weighted by atomic mass is 9.68. The number of ether oxygens (including phenoxy) is 2. The van der Waals surface area contributed by atoms with Crippen molar-refractivity contribution in [2.45, 2.75) is 32.6 Å². The van der Waals surface area contributed by atoms with E-state index in [1.807, 2.05) is 36.4 Å². The fourth-order valence-electron chi connectivity index (χ4n) is 4.55. The minimum Gasteiger partial charge on any atom is -0.486 e. The molecular weight excluding hydrogens is 374 g/mol. The lowest BCUT2D eigenvalue weighted by molar-refractivity contribution is -0.118. The monoisotopic (exact) mass is 395 g/mol. The molecule has 144 valence electrons. The number of anilines is 1. The van der Waals surface area contributed by atoms with Gasteiger partial charge >= 0.3 is 0 Å². The Labute approximate surface area is 169 Å². The van der Waals surface area contributed by atoms with Gasteiger partial charge in [0.2, 0.25) is 0 Å². The Hall–Kier alpha value is -2.46. The second-order valence-electron chi connectivity index (χ2n) is 8.53. The maximum atomic E-state index is 13.2. The van der Waals surface area contributed by atoms with E-state index in [2.05, 4.69) is 19.2 Å². The van der Waals surface area contributed by atoms with Crippen molar-refractivity contribution in [2.75, 3.05) is 18.5 Å². The van der Waals surface area contributed by atoms with Crippen LogP contribution in [-0.4, -0.2) is 19.0 Å². The van der Waals surface area contributed by atoms with E-state index in [1.165, 1.54) is 0 Å². The van der Waals surface area contributed by atoms with Gasteiger partial charge in [0.25, 0.3) is 0 Å². The molecule has 4 nitrogen and oxygen atoms in total. The van der Waals surface area contributed by atoms with E-state index in [0.29, 0.717) is 24.7 Å². The Morgan fingerprint density at radius 3 is 2.43 bits per heavy atom. The summed E-state index contributed by atoms with van der Waals surface area (Å²) >= 11 is 6.12. The van der Waals surface area contributed by atoms with E-state index < -0.39 is 0 Å². The predicted octanol–water partition coefficient (Wildman–Crippen LogP) is 5.31. The van der Waals surface area contributed by atoms with Gasteiger partial charge in [0, 0.05) is 40.4 Å². The van der Waals surface area contributed by atoms with Crippen LogP contribution in [0.25, 0.3) is 0 Å². The first-order valence-electron chi connectivity index (χ1n) is 9.64. The molecule has 0 fully saturated rings.